The fourth-order valence-corrected chi connectivity index (χ4v) is 1.13. The largest absolute Gasteiger partial charge is 0.372 e. The van der Waals surface area contributed by atoms with E-state index in [4.69, 9.17) is 4.74 Å². The first-order valence-corrected chi connectivity index (χ1v) is 4.70. The lowest BCUT2D eigenvalue weighted by molar-refractivity contribution is -0.126. The van der Waals surface area contributed by atoms with Crippen molar-refractivity contribution in [1.82, 2.24) is 5.32 Å². The Morgan fingerprint density at radius 3 is 2.83 bits per heavy atom. The third-order valence-corrected chi connectivity index (χ3v) is 2.05. The second-order valence-electron chi connectivity index (χ2n) is 3.25. The highest BCUT2D eigenvalue weighted by molar-refractivity contribution is 5.77. The number of hydrogen-bond donors (Lipinski definition) is 1. The number of hydrogen-bond acceptors (Lipinski definition) is 2. The summed E-state index contributed by atoms with van der Waals surface area (Å²) in [6, 6.07) is 0.433. The molecule has 0 unspecified atom stereocenters. The Balaban J connectivity index is 1.95. The van der Waals surface area contributed by atoms with Crippen molar-refractivity contribution in [2.45, 2.75) is 38.6 Å². The molecule has 0 spiro atoms. The van der Waals surface area contributed by atoms with E-state index in [2.05, 4.69) is 5.32 Å². The van der Waals surface area contributed by atoms with Gasteiger partial charge < -0.3 is 10.1 Å². The van der Waals surface area contributed by atoms with Crippen LogP contribution in [-0.2, 0) is 9.53 Å². The summed E-state index contributed by atoms with van der Waals surface area (Å²) in [5.74, 6) is 0.0353. The summed E-state index contributed by atoms with van der Waals surface area (Å²) >= 11 is 0. The Hall–Kier alpha value is -0.570. The molecule has 0 heterocycles. The molecule has 1 aliphatic rings. The van der Waals surface area contributed by atoms with Crippen LogP contribution in [0.2, 0.25) is 0 Å². The van der Waals surface area contributed by atoms with Crippen LogP contribution in [0.5, 0.6) is 0 Å². The van der Waals surface area contributed by atoms with Crippen LogP contribution < -0.4 is 5.32 Å². The molecule has 1 N–H and O–H groups in total. The monoisotopic (exact) mass is 171 g/mol. The third kappa shape index (κ3) is 3.22. The molecule has 0 atom stereocenters. The topological polar surface area (TPSA) is 38.3 Å². The van der Waals surface area contributed by atoms with Gasteiger partial charge in [0.15, 0.2) is 0 Å². The van der Waals surface area contributed by atoms with E-state index in [1.807, 2.05) is 6.92 Å². The second-order valence-corrected chi connectivity index (χ2v) is 3.25. The molecule has 3 nitrogen and oxygen atoms in total. The Bertz CT molecular complexity index is 143. The van der Waals surface area contributed by atoms with Gasteiger partial charge >= 0.3 is 0 Å². The molecule has 0 radical (unpaired) electrons. The van der Waals surface area contributed by atoms with Crippen molar-refractivity contribution >= 4 is 5.91 Å². The summed E-state index contributed by atoms with van der Waals surface area (Å²) in [5.41, 5.74) is 0. The number of ether oxygens (including phenoxy) is 1. The van der Waals surface area contributed by atoms with Gasteiger partial charge in [0.1, 0.15) is 6.61 Å². The Kier molecular flexibility index (Phi) is 4.08. The first kappa shape index (κ1) is 9.52. The molecule has 1 fully saturated rings. The highest BCUT2D eigenvalue weighted by atomic mass is 16.5. The maximum atomic E-state index is 11.1. The van der Waals surface area contributed by atoms with Gasteiger partial charge in [-0.2, -0.15) is 0 Å². The van der Waals surface area contributed by atoms with Crippen molar-refractivity contribution < 1.29 is 9.53 Å². The van der Waals surface area contributed by atoms with Gasteiger partial charge in [0, 0.05) is 12.6 Å². The maximum absolute atomic E-state index is 11.1. The average molecular weight is 171 g/mol. The lowest BCUT2D eigenvalue weighted by atomic mass is 9.93. The third-order valence-electron chi connectivity index (χ3n) is 2.05. The maximum Gasteiger partial charge on any atom is 0.246 e. The lowest BCUT2D eigenvalue weighted by Gasteiger charge is -2.26. The van der Waals surface area contributed by atoms with Crippen LogP contribution in [0.3, 0.4) is 0 Å². The zero-order valence-corrected chi connectivity index (χ0v) is 7.64. The van der Waals surface area contributed by atoms with E-state index < -0.39 is 0 Å². The SMILES string of the molecule is CCCOCC(=O)NC1CCC1. The highest BCUT2D eigenvalue weighted by Gasteiger charge is 2.18. The summed E-state index contributed by atoms with van der Waals surface area (Å²) in [7, 11) is 0. The summed E-state index contributed by atoms with van der Waals surface area (Å²) in [5, 5.41) is 2.91. The molecule has 0 aromatic heterocycles. The zero-order chi connectivity index (χ0) is 8.81. The van der Waals surface area contributed by atoms with Crippen LogP contribution in [0.25, 0.3) is 0 Å². The van der Waals surface area contributed by atoms with Gasteiger partial charge in [0.05, 0.1) is 0 Å². The number of nitrogens with one attached hydrogen (secondary N) is 1. The number of amides is 1. The second kappa shape index (κ2) is 5.14. The molecular formula is C9H17NO2. The van der Waals surface area contributed by atoms with Crippen molar-refractivity contribution in [2.24, 2.45) is 0 Å². The number of rotatable bonds is 5. The lowest BCUT2D eigenvalue weighted by Crippen LogP contribution is -2.41. The van der Waals surface area contributed by atoms with E-state index >= 15 is 0 Å². The van der Waals surface area contributed by atoms with Crippen LogP contribution >= 0.6 is 0 Å². The molecule has 0 aromatic carbocycles. The summed E-state index contributed by atoms with van der Waals surface area (Å²) in [4.78, 5) is 11.1. The zero-order valence-electron chi connectivity index (χ0n) is 7.64. The highest BCUT2D eigenvalue weighted by Crippen LogP contribution is 2.17. The Morgan fingerprint density at radius 2 is 2.33 bits per heavy atom. The molecule has 1 saturated carbocycles. The van der Waals surface area contributed by atoms with E-state index in [9.17, 15) is 4.79 Å². The summed E-state index contributed by atoms with van der Waals surface area (Å²) in [6.45, 7) is 2.94. The fourth-order valence-electron chi connectivity index (χ4n) is 1.13. The first-order chi connectivity index (χ1) is 5.83. The smallest absolute Gasteiger partial charge is 0.246 e. The number of carbonyl (C=O) groups excluding carboxylic acids is 1. The minimum Gasteiger partial charge on any atom is -0.372 e. The van der Waals surface area contributed by atoms with Crippen LogP contribution in [0.1, 0.15) is 32.6 Å². The average Bonchev–Trinajstić information content (AvgIpc) is 1.98. The van der Waals surface area contributed by atoms with Crippen LogP contribution in [-0.4, -0.2) is 25.2 Å². The van der Waals surface area contributed by atoms with E-state index in [1.165, 1.54) is 6.42 Å². The molecule has 70 valence electrons. The molecule has 0 bridgehead atoms. The quantitative estimate of drug-likeness (QED) is 0.629. The van der Waals surface area contributed by atoms with Crippen molar-refractivity contribution in [3.05, 3.63) is 0 Å². The van der Waals surface area contributed by atoms with Crippen molar-refractivity contribution in [2.75, 3.05) is 13.2 Å². The molecule has 1 rings (SSSR count). The molecule has 0 aliphatic heterocycles. The normalized spacial score (nSPS) is 17.1. The molecule has 1 amide bonds. The molecule has 1 aliphatic carbocycles. The molecule has 3 heteroatoms. The van der Waals surface area contributed by atoms with Crippen LogP contribution in [0.4, 0.5) is 0 Å². The first-order valence-electron chi connectivity index (χ1n) is 4.70. The Labute approximate surface area is 73.5 Å². The Morgan fingerprint density at radius 1 is 1.58 bits per heavy atom. The predicted molar refractivity (Wildman–Crippen MR) is 46.9 cm³/mol. The number of carbonyl (C=O) groups is 1. The molecule has 0 aromatic rings. The van der Waals surface area contributed by atoms with Gasteiger partial charge in [-0.1, -0.05) is 6.92 Å². The molecular weight excluding hydrogens is 154 g/mol. The van der Waals surface area contributed by atoms with E-state index in [1.54, 1.807) is 0 Å². The van der Waals surface area contributed by atoms with E-state index in [-0.39, 0.29) is 12.5 Å². The van der Waals surface area contributed by atoms with Crippen molar-refractivity contribution in [3.8, 4) is 0 Å². The van der Waals surface area contributed by atoms with Crippen molar-refractivity contribution in [1.29, 1.82) is 0 Å². The van der Waals surface area contributed by atoms with E-state index in [0.717, 1.165) is 19.3 Å². The molecule has 12 heavy (non-hydrogen) atoms. The van der Waals surface area contributed by atoms with Gasteiger partial charge in [-0.3, -0.25) is 4.79 Å². The van der Waals surface area contributed by atoms with Gasteiger partial charge in [-0.25, -0.2) is 0 Å². The predicted octanol–water partition coefficient (Wildman–Crippen LogP) is 1.08. The van der Waals surface area contributed by atoms with Gasteiger partial charge in [-0.05, 0) is 25.7 Å². The van der Waals surface area contributed by atoms with Gasteiger partial charge in [0.25, 0.3) is 0 Å². The van der Waals surface area contributed by atoms with Gasteiger partial charge in [-0.15, -0.1) is 0 Å². The fraction of sp³-hybridized carbons (Fsp3) is 0.889. The summed E-state index contributed by atoms with van der Waals surface area (Å²) < 4.78 is 5.10. The van der Waals surface area contributed by atoms with Gasteiger partial charge in [0.2, 0.25) is 5.91 Å². The van der Waals surface area contributed by atoms with Crippen LogP contribution in [0.15, 0.2) is 0 Å². The van der Waals surface area contributed by atoms with Crippen molar-refractivity contribution in [3.63, 3.8) is 0 Å². The molecule has 0 saturated heterocycles. The minimum atomic E-state index is 0.0353. The minimum absolute atomic E-state index is 0.0353. The summed E-state index contributed by atoms with van der Waals surface area (Å²) in [6.07, 6.45) is 4.50. The van der Waals surface area contributed by atoms with Crippen LogP contribution in [0, 0.1) is 0 Å². The van der Waals surface area contributed by atoms with E-state index in [0.29, 0.717) is 12.6 Å². The standard InChI is InChI=1S/C9H17NO2/c1-2-6-12-7-9(11)10-8-4-3-5-8/h8H,2-7H2,1H3,(H,10,11).